The maximum Gasteiger partial charge on any atom is 0.237 e. The molecule has 0 aromatic rings. The molecule has 0 spiro atoms. The summed E-state index contributed by atoms with van der Waals surface area (Å²) in [6.07, 6.45) is 3.41. The molecule has 1 unspecified atom stereocenters. The van der Waals surface area contributed by atoms with Crippen LogP contribution in [0.1, 0.15) is 19.8 Å². The van der Waals surface area contributed by atoms with E-state index in [4.69, 9.17) is 5.26 Å². The van der Waals surface area contributed by atoms with E-state index in [1.807, 2.05) is 6.92 Å². The zero-order chi connectivity index (χ0) is 12.0. The summed E-state index contributed by atoms with van der Waals surface area (Å²) in [6.45, 7) is 7.65. The molecule has 0 bridgehead atoms. The molecule has 0 radical (unpaired) electrons. The van der Waals surface area contributed by atoms with Gasteiger partial charge in [0.05, 0.1) is 12.1 Å². The summed E-state index contributed by atoms with van der Waals surface area (Å²) in [6, 6.07) is 2.17. The SMILES string of the molecule is C=CCNC(=O)C(C)N1CCC(C#N)CC1. The van der Waals surface area contributed by atoms with Gasteiger partial charge in [0.15, 0.2) is 0 Å². The first-order valence-electron chi connectivity index (χ1n) is 5.71. The van der Waals surface area contributed by atoms with E-state index < -0.39 is 0 Å². The van der Waals surface area contributed by atoms with Crippen LogP contribution in [0.4, 0.5) is 0 Å². The number of nitrogens with zero attached hydrogens (tertiary/aromatic N) is 2. The van der Waals surface area contributed by atoms with E-state index in [1.165, 1.54) is 0 Å². The van der Waals surface area contributed by atoms with Gasteiger partial charge in [-0.3, -0.25) is 9.69 Å². The summed E-state index contributed by atoms with van der Waals surface area (Å²) in [7, 11) is 0. The van der Waals surface area contributed by atoms with Crippen molar-refractivity contribution >= 4 is 5.91 Å². The monoisotopic (exact) mass is 221 g/mol. The van der Waals surface area contributed by atoms with Crippen LogP contribution in [-0.2, 0) is 4.79 Å². The van der Waals surface area contributed by atoms with Gasteiger partial charge in [-0.15, -0.1) is 6.58 Å². The van der Waals surface area contributed by atoms with Crippen LogP contribution in [0.5, 0.6) is 0 Å². The lowest BCUT2D eigenvalue weighted by Crippen LogP contribution is -2.48. The maximum absolute atomic E-state index is 11.7. The number of carbonyl (C=O) groups excluding carboxylic acids is 1. The Morgan fingerprint density at radius 2 is 2.31 bits per heavy atom. The Bertz CT molecular complexity index is 287. The zero-order valence-corrected chi connectivity index (χ0v) is 9.78. The van der Waals surface area contributed by atoms with E-state index in [1.54, 1.807) is 6.08 Å². The predicted octanol–water partition coefficient (Wildman–Crippen LogP) is 0.913. The number of nitriles is 1. The molecular formula is C12H19N3O. The molecule has 0 aromatic heterocycles. The van der Waals surface area contributed by atoms with Crippen molar-refractivity contribution < 1.29 is 4.79 Å². The number of amides is 1. The van der Waals surface area contributed by atoms with Crippen molar-refractivity contribution in [3.05, 3.63) is 12.7 Å². The summed E-state index contributed by atoms with van der Waals surface area (Å²) in [5, 5.41) is 11.6. The zero-order valence-electron chi connectivity index (χ0n) is 9.78. The minimum atomic E-state index is -0.111. The second-order valence-corrected chi connectivity index (χ2v) is 4.15. The number of likely N-dealkylation sites (tertiary alicyclic amines) is 1. The first-order chi connectivity index (χ1) is 7.69. The Hall–Kier alpha value is -1.34. The van der Waals surface area contributed by atoms with Gasteiger partial charge >= 0.3 is 0 Å². The first-order valence-corrected chi connectivity index (χ1v) is 5.71. The molecule has 1 rings (SSSR count). The Morgan fingerprint density at radius 1 is 1.69 bits per heavy atom. The molecule has 16 heavy (non-hydrogen) atoms. The lowest BCUT2D eigenvalue weighted by Gasteiger charge is -2.33. The van der Waals surface area contributed by atoms with Gasteiger partial charge in [-0.1, -0.05) is 6.08 Å². The minimum Gasteiger partial charge on any atom is -0.351 e. The van der Waals surface area contributed by atoms with Gasteiger partial charge in [0, 0.05) is 25.6 Å². The number of piperidine rings is 1. The van der Waals surface area contributed by atoms with Crippen molar-refractivity contribution in [1.29, 1.82) is 5.26 Å². The largest absolute Gasteiger partial charge is 0.351 e. The summed E-state index contributed by atoms with van der Waals surface area (Å²) < 4.78 is 0. The fourth-order valence-electron chi connectivity index (χ4n) is 1.90. The van der Waals surface area contributed by atoms with Gasteiger partial charge in [0.1, 0.15) is 0 Å². The molecule has 1 fully saturated rings. The van der Waals surface area contributed by atoms with Crippen molar-refractivity contribution in [3.63, 3.8) is 0 Å². The molecule has 1 saturated heterocycles. The number of hydrogen-bond acceptors (Lipinski definition) is 3. The topological polar surface area (TPSA) is 56.1 Å². The molecule has 1 heterocycles. The second-order valence-electron chi connectivity index (χ2n) is 4.15. The fraction of sp³-hybridized carbons (Fsp3) is 0.667. The van der Waals surface area contributed by atoms with Crippen LogP contribution >= 0.6 is 0 Å². The van der Waals surface area contributed by atoms with Gasteiger partial charge in [-0.2, -0.15) is 5.26 Å². The lowest BCUT2D eigenvalue weighted by atomic mass is 9.97. The van der Waals surface area contributed by atoms with Crippen LogP contribution in [0, 0.1) is 17.2 Å². The number of nitrogens with one attached hydrogen (secondary N) is 1. The van der Waals surface area contributed by atoms with E-state index in [0.29, 0.717) is 6.54 Å². The summed E-state index contributed by atoms with van der Waals surface area (Å²) in [5.41, 5.74) is 0. The molecule has 0 aromatic carbocycles. The summed E-state index contributed by atoms with van der Waals surface area (Å²) >= 11 is 0. The average Bonchev–Trinajstić information content (AvgIpc) is 2.35. The van der Waals surface area contributed by atoms with E-state index in [-0.39, 0.29) is 17.9 Å². The quantitative estimate of drug-likeness (QED) is 0.718. The Labute approximate surface area is 96.9 Å². The molecule has 1 N–H and O–H groups in total. The molecule has 0 aliphatic carbocycles. The molecule has 0 saturated carbocycles. The second kappa shape index (κ2) is 6.29. The summed E-state index contributed by atoms with van der Waals surface area (Å²) in [4.78, 5) is 13.8. The fourth-order valence-corrected chi connectivity index (χ4v) is 1.90. The number of hydrogen-bond donors (Lipinski definition) is 1. The van der Waals surface area contributed by atoms with Gasteiger partial charge in [-0.25, -0.2) is 0 Å². The summed E-state index contributed by atoms with van der Waals surface area (Å²) in [5.74, 6) is 0.204. The highest BCUT2D eigenvalue weighted by atomic mass is 16.2. The van der Waals surface area contributed by atoms with Gasteiger partial charge in [-0.05, 0) is 19.8 Å². The van der Waals surface area contributed by atoms with Gasteiger partial charge < -0.3 is 5.32 Å². The molecular weight excluding hydrogens is 202 g/mol. The van der Waals surface area contributed by atoms with Crippen LogP contribution in [-0.4, -0.2) is 36.5 Å². The van der Waals surface area contributed by atoms with E-state index >= 15 is 0 Å². The third kappa shape index (κ3) is 3.35. The smallest absolute Gasteiger partial charge is 0.237 e. The lowest BCUT2D eigenvalue weighted by molar-refractivity contribution is -0.126. The normalized spacial score (nSPS) is 19.8. The maximum atomic E-state index is 11.7. The third-order valence-electron chi connectivity index (χ3n) is 3.06. The minimum absolute atomic E-state index is 0.0373. The van der Waals surface area contributed by atoms with Crippen LogP contribution in [0.25, 0.3) is 0 Å². The van der Waals surface area contributed by atoms with Crippen LogP contribution in [0.2, 0.25) is 0 Å². The number of carbonyl (C=O) groups is 1. The molecule has 1 atom stereocenters. The highest BCUT2D eigenvalue weighted by Gasteiger charge is 2.25. The third-order valence-corrected chi connectivity index (χ3v) is 3.06. The Kier molecular flexibility index (Phi) is 5.00. The van der Waals surface area contributed by atoms with Crippen molar-refractivity contribution in [2.24, 2.45) is 5.92 Å². The van der Waals surface area contributed by atoms with E-state index in [0.717, 1.165) is 25.9 Å². The van der Waals surface area contributed by atoms with Crippen LogP contribution < -0.4 is 5.32 Å². The Morgan fingerprint density at radius 3 is 2.81 bits per heavy atom. The van der Waals surface area contributed by atoms with Gasteiger partial charge in [0.2, 0.25) is 5.91 Å². The van der Waals surface area contributed by atoms with Crippen LogP contribution in [0.15, 0.2) is 12.7 Å². The molecule has 1 amide bonds. The van der Waals surface area contributed by atoms with Gasteiger partial charge in [0.25, 0.3) is 0 Å². The molecule has 4 heteroatoms. The van der Waals surface area contributed by atoms with Crippen molar-refractivity contribution in [3.8, 4) is 6.07 Å². The molecule has 1 aliphatic heterocycles. The predicted molar refractivity (Wildman–Crippen MR) is 62.6 cm³/mol. The molecule has 4 nitrogen and oxygen atoms in total. The van der Waals surface area contributed by atoms with Crippen molar-refractivity contribution in [2.45, 2.75) is 25.8 Å². The molecule has 88 valence electrons. The Balaban J connectivity index is 2.38. The highest BCUT2D eigenvalue weighted by Crippen LogP contribution is 2.17. The average molecular weight is 221 g/mol. The standard InChI is InChI=1S/C12H19N3O/c1-3-6-14-12(16)10(2)15-7-4-11(9-13)5-8-15/h3,10-11H,1,4-8H2,2H3,(H,14,16). The van der Waals surface area contributed by atoms with E-state index in [2.05, 4.69) is 22.9 Å². The van der Waals surface area contributed by atoms with Crippen molar-refractivity contribution in [1.82, 2.24) is 10.2 Å². The first kappa shape index (κ1) is 12.7. The van der Waals surface area contributed by atoms with Crippen molar-refractivity contribution in [2.75, 3.05) is 19.6 Å². The molecule has 1 aliphatic rings. The van der Waals surface area contributed by atoms with E-state index in [9.17, 15) is 4.79 Å². The number of rotatable bonds is 4. The van der Waals surface area contributed by atoms with Crippen LogP contribution in [0.3, 0.4) is 0 Å². The highest BCUT2D eigenvalue weighted by molar-refractivity contribution is 5.81.